The zero-order valence-electron chi connectivity index (χ0n) is 34.8. The number of urea groups is 1. The first-order valence-electron chi connectivity index (χ1n) is 19.8. The van der Waals surface area contributed by atoms with Gasteiger partial charge in [-0.1, -0.05) is 6.92 Å². The Morgan fingerprint density at radius 3 is 2.46 bits per heavy atom. The van der Waals surface area contributed by atoms with Crippen LogP contribution in [-0.2, 0) is 44.4 Å². The molecule has 3 aliphatic rings. The topological polar surface area (TPSA) is 228 Å². The van der Waals surface area contributed by atoms with Gasteiger partial charge in [0.2, 0.25) is 5.91 Å². The molecule has 59 heavy (non-hydrogen) atoms. The molecule has 4 atom stereocenters. The number of nitrogens with two attached hydrogens (primary N) is 1. The fourth-order valence-electron chi connectivity index (χ4n) is 7.93. The Hall–Kier alpha value is -5.75. The lowest BCUT2D eigenvalue weighted by molar-refractivity contribution is -0.172. The number of primary amides is 1. The number of benzene rings is 1. The summed E-state index contributed by atoms with van der Waals surface area (Å²) in [7, 11) is 3.78. The number of pyridine rings is 2. The summed E-state index contributed by atoms with van der Waals surface area (Å²) < 4.78 is 18.3. The minimum Gasteiger partial charge on any atom is -0.458 e. The van der Waals surface area contributed by atoms with Crippen LogP contribution in [-0.4, -0.2) is 117 Å². The molecule has 5 heterocycles. The zero-order chi connectivity index (χ0) is 43.1. The van der Waals surface area contributed by atoms with Crippen LogP contribution in [0.3, 0.4) is 0 Å². The maximum atomic E-state index is 14.0. The predicted octanol–water partition coefficient (Wildman–Crippen LogP) is 2.90. The van der Waals surface area contributed by atoms with E-state index in [4.69, 9.17) is 24.9 Å². The summed E-state index contributed by atoms with van der Waals surface area (Å²) in [4.78, 5) is 88.3. The van der Waals surface area contributed by atoms with Crippen LogP contribution in [0.1, 0.15) is 83.1 Å². The lowest BCUT2D eigenvalue weighted by Gasteiger charge is -2.44. The lowest BCUT2D eigenvalue weighted by Crippen LogP contribution is -2.63. The van der Waals surface area contributed by atoms with E-state index in [9.17, 15) is 33.9 Å². The van der Waals surface area contributed by atoms with Gasteiger partial charge < -0.3 is 55.0 Å². The Morgan fingerprint density at radius 1 is 1.10 bits per heavy atom. The summed E-state index contributed by atoms with van der Waals surface area (Å²) in [5.41, 5.74) is 5.66. The maximum absolute atomic E-state index is 14.0. The monoisotopic (exact) mass is 818 g/mol. The number of cyclic esters (lactones) is 1. The number of fused-ring (bicyclic) bond motifs is 5. The molecule has 5 N–H and O–H groups in total. The number of carbonyl (C=O) groups is 5. The van der Waals surface area contributed by atoms with E-state index >= 15 is 0 Å². The van der Waals surface area contributed by atoms with E-state index in [2.05, 4.69) is 10.6 Å². The van der Waals surface area contributed by atoms with E-state index in [1.165, 1.54) is 0 Å². The van der Waals surface area contributed by atoms with Crippen molar-refractivity contribution in [2.24, 2.45) is 5.73 Å². The Kier molecular flexibility index (Phi) is 12.0. The SMILES string of the molecule is CC[C@@]1(O)C(=O)OCc2c1cc1n(c2=O)Cc2cc3c(CN(C)C)c(OC(=O)N4C[C@H](C)N(C(=O)[C@H](CCCNC(N)=O)NC(=O)OC(C)(C)C)C[C@H]4C)ccc3nc2-1. The number of ether oxygens (including phenoxy) is 3. The van der Waals surface area contributed by atoms with Gasteiger partial charge in [0, 0.05) is 60.3 Å². The number of carbonyl (C=O) groups excluding carboxylic acids is 5. The fraction of sp³-hybridized carbons (Fsp3) is 0.537. The van der Waals surface area contributed by atoms with Crippen molar-refractivity contribution in [2.45, 2.75) is 110 Å². The summed E-state index contributed by atoms with van der Waals surface area (Å²) in [6, 6.07) is 4.48. The van der Waals surface area contributed by atoms with E-state index in [1.807, 2.05) is 38.9 Å². The van der Waals surface area contributed by atoms with Gasteiger partial charge in [-0.3, -0.25) is 9.59 Å². The van der Waals surface area contributed by atoms with E-state index in [0.717, 1.165) is 10.9 Å². The molecule has 0 aliphatic carbocycles. The Balaban J connectivity index is 1.23. The number of nitrogens with one attached hydrogen (secondary N) is 2. The molecule has 0 bridgehead atoms. The first-order chi connectivity index (χ1) is 27.7. The molecule has 0 saturated carbocycles. The first-order valence-corrected chi connectivity index (χ1v) is 19.8. The molecule has 3 aliphatic heterocycles. The molecule has 3 aromatic rings. The highest BCUT2D eigenvalue weighted by Crippen LogP contribution is 2.40. The van der Waals surface area contributed by atoms with Crippen LogP contribution in [0.15, 0.2) is 29.1 Å². The van der Waals surface area contributed by atoms with Crippen molar-refractivity contribution in [3.8, 4) is 17.1 Å². The van der Waals surface area contributed by atoms with Gasteiger partial charge in [-0.2, -0.15) is 0 Å². The average molecular weight is 819 g/mol. The highest BCUT2D eigenvalue weighted by atomic mass is 16.6. The number of aliphatic hydroxyl groups is 1. The average Bonchev–Trinajstić information content (AvgIpc) is 3.52. The number of aromatic nitrogens is 2. The van der Waals surface area contributed by atoms with E-state index in [1.54, 1.807) is 60.3 Å². The summed E-state index contributed by atoms with van der Waals surface area (Å²) in [6.45, 7) is 11.3. The second kappa shape index (κ2) is 16.5. The molecule has 1 fully saturated rings. The quantitative estimate of drug-likeness (QED) is 0.134. The van der Waals surface area contributed by atoms with Gasteiger partial charge in [0.1, 0.15) is 24.0 Å². The minimum absolute atomic E-state index is 0.0350. The number of rotatable bonds is 10. The Bertz CT molecular complexity index is 2250. The van der Waals surface area contributed by atoms with Gasteiger partial charge in [0.25, 0.3) is 5.56 Å². The maximum Gasteiger partial charge on any atom is 0.415 e. The smallest absolute Gasteiger partial charge is 0.415 e. The molecule has 1 aromatic carbocycles. The minimum atomic E-state index is -1.94. The third kappa shape index (κ3) is 8.69. The van der Waals surface area contributed by atoms with E-state index < -0.39 is 53.5 Å². The largest absolute Gasteiger partial charge is 0.458 e. The van der Waals surface area contributed by atoms with Crippen LogP contribution in [0.2, 0.25) is 0 Å². The Morgan fingerprint density at radius 2 is 1.80 bits per heavy atom. The van der Waals surface area contributed by atoms with Gasteiger partial charge in [0.15, 0.2) is 5.60 Å². The van der Waals surface area contributed by atoms with Gasteiger partial charge in [-0.15, -0.1) is 0 Å². The second-order valence-corrected chi connectivity index (χ2v) is 16.8. The molecule has 18 nitrogen and oxygen atoms in total. The summed E-state index contributed by atoms with van der Waals surface area (Å²) >= 11 is 0. The first kappa shape index (κ1) is 42.8. The van der Waals surface area contributed by atoms with Crippen LogP contribution in [0, 0.1) is 0 Å². The summed E-state index contributed by atoms with van der Waals surface area (Å²) in [5.74, 6) is -0.813. The van der Waals surface area contributed by atoms with Crippen LogP contribution in [0.4, 0.5) is 14.4 Å². The fourth-order valence-corrected chi connectivity index (χ4v) is 7.93. The lowest BCUT2D eigenvalue weighted by atomic mass is 9.86. The van der Waals surface area contributed by atoms with Crippen molar-refractivity contribution in [2.75, 3.05) is 33.7 Å². The molecular weight excluding hydrogens is 764 g/mol. The normalized spacial score (nSPS) is 20.3. The molecule has 318 valence electrons. The third-order valence-electron chi connectivity index (χ3n) is 10.9. The van der Waals surface area contributed by atoms with Crippen LogP contribution < -0.4 is 26.7 Å². The van der Waals surface area contributed by atoms with Gasteiger partial charge in [-0.05, 0) is 92.2 Å². The van der Waals surface area contributed by atoms with Crippen molar-refractivity contribution in [1.82, 2.24) is 34.9 Å². The van der Waals surface area contributed by atoms with Crippen molar-refractivity contribution in [1.29, 1.82) is 0 Å². The number of hydrogen-bond donors (Lipinski definition) is 4. The van der Waals surface area contributed by atoms with Gasteiger partial charge >= 0.3 is 24.2 Å². The Labute approximate surface area is 341 Å². The van der Waals surface area contributed by atoms with E-state index in [-0.39, 0.29) is 68.2 Å². The standard InChI is InChI=1S/C41H54N8O10/c1-9-41(56)28-16-31-33-24(19-49(31)34(50)27(28)21-57-36(41)52)15-25-26(20-46(7)8)32(13-12-29(25)44-33)58-39(55)48-18-22(2)47(17-23(48)3)35(51)30(11-10-14-43-37(42)53)45-38(54)59-40(4,5)6/h12-13,15-16,22-23,30,56H,9-11,14,17-21H2,1-8H3,(H,45,54)(H3,42,43,53)/t22-,23+,30-,41-/m0/s1. The summed E-state index contributed by atoms with van der Waals surface area (Å²) in [5, 5.41) is 17.2. The molecule has 2 aromatic heterocycles. The molecule has 6 rings (SSSR count). The number of alkyl carbamates (subject to hydrolysis) is 1. The van der Waals surface area contributed by atoms with Crippen LogP contribution in [0.5, 0.6) is 5.75 Å². The van der Waals surface area contributed by atoms with Crippen molar-refractivity contribution < 1.29 is 43.3 Å². The number of nitrogens with zero attached hydrogens (tertiary/aromatic N) is 5. The van der Waals surface area contributed by atoms with Crippen LogP contribution >= 0.6 is 0 Å². The van der Waals surface area contributed by atoms with Crippen molar-refractivity contribution in [3.63, 3.8) is 0 Å². The molecule has 1 saturated heterocycles. The summed E-state index contributed by atoms with van der Waals surface area (Å²) in [6.07, 6.45) is -0.748. The number of piperazine rings is 1. The van der Waals surface area contributed by atoms with Gasteiger partial charge in [-0.25, -0.2) is 24.2 Å². The van der Waals surface area contributed by atoms with Gasteiger partial charge in [0.05, 0.1) is 29.0 Å². The second-order valence-electron chi connectivity index (χ2n) is 16.8. The van der Waals surface area contributed by atoms with Crippen molar-refractivity contribution in [3.05, 3.63) is 56.9 Å². The zero-order valence-corrected chi connectivity index (χ0v) is 34.8. The number of esters is 1. The third-order valence-corrected chi connectivity index (χ3v) is 10.9. The molecule has 18 heteroatoms. The molecule has 5 amide bonds. The number of hydrogen-bond acceptors (Lipinski definition) is 12. The molecule has 0 unspecified atom stereocenters. The molecular formula is C41H54N8O10. The highest BCUT2D eigenvalue weighted by molar-refractivity contribution is 5.90. The highest BCUT2D eigenvalue weighted by Gasteiger charge is 2.45. The number of amides is 5. The van der Waals surface area contributed by atoms with Crippen LogP contribution in [0.25, 0.3) is 22.3 Å². The molecule has 0 radical (unpaired) electrons. The van der Waals surface area contributed by atoms with Crippen molar-refractivity contribution >= 4 is 41.0 Å². The molecule has 0 spiro atoms. The predicted molar refractivity (Wildman–Crippen MR) is 215 cm³/mol. The van der Waals surface area contributed by atoms with E-state index in [0.29, 0.717) is 41.2 Å².